The van der Waals surface area contributed by atoms with Gasteiger partial charge in [0.15, 0.2) is 0 Å². The number of halogens is 1. The van der Waals surface area contributed by atoms with E-state index in [1.54, 1.807) is 41.8 Å². The highest BCUT2D eigenvalue weighted by Gasteiger charge is 2.12. The van der Waals surface area contributed by atoms with Crippen LogP contribution in [0.25, 0.3) is 0 Å². The average molecular weight is 404 g/mol. The van der Waals surface area contributed by atoms with E-state index in [9.17, 15) is 17.6 Å². The molecule has 0 amide bonds. The van der Waals surface area contributed by atoms with Crippen LogP contribution in [0.4, 0.5) is 4.39 Å². The molecule has 27 heavy (non-hydrogen) atoms. The predicted molar refractivity (Wildman–Crippen MR) is 100 cm³/mol. The first-order valence-electron chi connectivity index (χ1n) is 7.60. The Hall–Kier alpha value is -3.04. The Labute approximate surface area is 159 Å². The van der Waals surface area contributed by atoms with Crippen molar-refractivity contribution in [3.63, 3.8) is 0 Å². The second-order valence-corrected chi connectivity index (χ2v) is 7.85. The van der Waals surface area contributed by atoms with Crippen LogP contribution >= 0.6 is 11.3 Å². The maximum Gasteiger partial charge on any atom is 0.353 e. The second kappa shape index (κ2) is 8.11. The van der Waals surface area contributed by atoms with Crippen molar-refractivity contribution in [1.82, 2.24) is 4.83 Å². The Balaban J connectivity index is 1.60. The Morgan fingerprint density at radius 2 is 1.78 bits per heavy atom. The molecule has 1 N–H and O–H groups in total. The highest BCUT2D eigenvalue weighted by Crippen LogP contribution is 2.16. The molecule has 0 aliphatic rings. The fraction of sp³-hybridized carbons (Fsp3) is 0. The van der Waals surface area contributed by atoms with Crippen molar-refractivity contribution in [2.75, 3.05) is 0 Å². The fourth-order valence-corrected chi connectivity index (χ4v) is 3.40. The van der Waals surface area contributed by atoms with Gasteiger partial charge in [-0.15, -0.1) is 11.3 Å². The molecule has 0 saturated heterocycles. The maximum atomic E-state index is 12.9. The summed E-state index contributed by atoms with van der Waals surface area (Å²) in [5.74, 6) is -0.617. The topological polar surface area (TPSA) is 84.8 Å². The lowest BCUT2D eigenvalue weighted by atomic mass is 10.2. The molecule has 3 aromatic rings. The molecule has 1 heterocycles. The standard InChI is InChI=1S/C18H13FN2O4S2/c19-14-5-9-16(10-6-14)27(23,24)21-20-12-13-3-7-15(8-4-13)25-18(22)17-2-1-11-26-17/h1-12,21H/b20-12+. The Morgan fingerprint density at radius 3 is 2.41 bits per heavy atom. The number of carbonyl (C=O) groups is 1. The molecule has 1 aromatic heterocycles. The van der Waals surface area contributed by atoms with E-state index < -0.39 is 21.8 Å². The summed E-state index contributed by atoms with van der Waals surface area (Å²) >= 11 is 1.28. The molecule has 3 rings (SSSR count). The number of carbonyl (C=O) groups excluding carboxylic acids is 1. The number of thiophene rings is 1. The van der Waals surface area contributed by atoms with Crippen LogP contribution in [0.2, 0.25) is 0 Å². The molecule has 138 valence electrons. The van der Waals surface area contributed by atoms with Crippen LogP contribution in [0, 0.1) is 5.82 Å². The lowest BCUT2D eigenvalue weighted by molar-refractivity contribution is 0.0740. The van der Waals surface area contributed by atoms with Crippen LogP contribution in [0.5, 0.6) is 5.75 Å². The molecule has 0 aliphatic carbocycles. The minimum absolute atomic E-state index is 0.100. The first kappa shape index (κ1) is 18.7. The summed E-state index contributed by atoms with van der Waals surface area (Å²) in [5, 5.41) is 5.46. The van der Waals surface area contributed by atoms with Crippen molar-refractivity contribution in [2.45, 2.75) is 4.90 Å². The number of hydrogen-bond donors (Lipinski definition) is 1. The third-order valence-electron chi connectivity index (χ3n) is 3.32. The summed E-state index contributed by atoms with van der Waals surface area (Å²) in [6.45, 7) is 0. The smallest absolute Gasteiger partial charge is 0.353 e. The van der Waals surface area contributed by atoms with E-state index >= 15 is 0 Å². The van der Waals surface area contributed by atoms with Crippen LogP contribution in [0.1, 0.15) is 15.2 Å². The number of hydrogen-bond acceptors (Lipinski definition) is 6. The van der Waals surface area contributed by atoms with Crippen molar-refractivity contribution in [3.05, 3.63) is 82.3 Å². The first-order chi connectivity index (χ1) is 12.9. The number of nitrogens with zero attached hydrogens (tertiary/aromatic N) is 1. The summed E-state index contributed by atoms with van der Waals surface area (Å²) in [5.41, 5.74) is 0.590. The van der Waals surface area contributed by atoms with Crippen LogP contribution in [-0.2, 0) is 10.0 Å². The van der Waals surface area contributed by atoms with Gasteiger partial charge in [-0.25, -0.2) is 14.0 Å². The fourth-order valence-electron chi connectivity index (χ4n) is 2.01. The van der Waals surface area contributed by atoms with Gasteiger partial charge in [0.25, 0.3) is 10.0 Å². The minimum atomic E-state index is -3.88. The largest absolute Gasteiger partial charge is 0.422 e. The number of rotatable bonds is 6. The van der Waals surface area contributed by atoms with Gasteiger partial charge in [-0.2, -0.15) is 13.5 Å². The number of ether oxygens (including phenoxy) is 1. The monoisotopic (exact) mass is 404 g/mol. The summed E-state index contributed by atoms with van der Waals surface area (Å²) in [4.78, 5) is 14.3. The summed E-state index contributed by atoms with van der Waals surface area (Å²) in [6.07, 6.45) is 1.30. The summed E-state index contributed by atoms with van der Waals surface area (Å²) in [6, 6.07) is 14.2. The van der Waals surface area contributed by atoms with E-state index in [0.717, 1.165) is 24.3 Å². The quantitative estimate of drug-likeness (QED) is 0.295. The Kier molecular flexibility index (Phi) is 5.63. The van der Waals surface area contributed by atoms with Crippen molar-refractivity contribution >= 4 is 33.5 Å². The number of esters is 1. The highest BCUT2D eigenvalue weighted by molar-refractivity contribution is 7.89. The van der Waals surface area contributed by atoms with E-state index in [4.69, 9.17) is 4.74 Å². The van der Waals surface area contributed by atoms with Gasteiger partial charge in [0.2, 0.25) is 0 Å². The number of hydrazone groups is 1. The van der Waals surface area contributed by atoms with Crippen LogP contribution in [-0.4, -0.2) is 20.6 Å². The molecule has 0 unspecified atom stereocenters. The molecule has 0 spiro atoms. The maximum absolute atomic E-state index is 12.9. The minimum Gasteiger partial charge on any atom is -0.422 e. The van der Waals surface area contributed by atoms with E-state index in [-0.39, 0.29) is 4.90 Å². The number of benzene rings is 2. The van der Waals surface area contributed by atoms with E-state index in [1.165, 1.54) is 17.6 Å². The lowest BCUT2D eigenvalue weighted by Crippen LogP contribution is -2.18. The summed E-state index contributed by atoms with van der Waals surface area (Å²) < 4.78 is 42.1. The molecule has 9 heteroatoms. The molecule has 2 aromatic carbocycles. The van der Waals surface area contributed by atoms with E-state index in [2.05, 4.69) is 5.10 Å². The van der Waals surface area contributed by atoms with Gasteiger partial charge in [0.05, 0.1) is 11.1 Å². The zero-order valence-electron chi connectivity index (χ0n) is 13.7. The van der Waals surface area contributed by atoms with Crippen LogP contribution in [0.3, 0.4) is 0 Å². The molecular weight excluding hydrogens is 391 g/mol. The second-order valence-electron chi connectivity index (χ2n) is 5.24. The van der Waals surface area contributed by atoms with Gasteiger partial charge in [0, 0.05) is 0 Å². The summed E-state index contributed by atoms with van der Waals surface area (Å²) in [7, 11) is -3.88. The van der Waals surface area contributed by atoms with Crippen molar-refractivity contribution < 1.29 is 22.3 Å². The molecule has 0 bridgehead atoms. The molecule has 0 atom stereocenters. The number of nitrogens with one attached hydrogen (secondary N) is 1. The number of sulfonamides is 1. The molecule has 0 radical (unpaired) electrons. The van der Waals surface area contributed by atoms with Crippen molar-refractivity contribution in [1.29, 1.82) is 0 Å². The Bertz CT molecular complexity index is 1050. The lowest BCUT2D eigenvalue weighted by Gasteiger charge is -2.04. The third-order valence-corrected chi connectivity index (χ3v) is 5.41. The van der Waals surface area contributed by atoms with Gasteiger partial charge >= 0.3 is 5.97 Å². The predicted octanol–water partition coefficient (Wildman–Crippen LogP) is 3.42. The highest BCUT2D eigenvalue weighted by atomic mass is 32.2. The first-order valence-corrected chi connectivity index (χ1v) is 9.96. The normalized spacial score (nSPS) is 11.4. The average Bonchev–Trinajstić information content (AvgIpc) is 3.18. The van der Waals surface area contributed by atoms with Crippen LogP contribution in [0.15, 0.2) is 76.0 Å². The molecule has 0 fully saturated rings. The molecule has 0 saturated carbocycles. The van der Waals surface area contributed by atoms with Crippen molar-refractivity contribution in [3.8, 4) is 5.75 Å². The molecule has 6 nitrogen and oxygen atoms in total. The van der Waals surface area contributed by atoms with E-state index in [0.29, 0.717) is 16.2 Å². The Morgan fingerprint density at radius 1 is 1.07 bits per heavy atom. The van der Waals surface area contributed by atoms with Gasteiger partial charge in [-0.05, 0) is 65.5 Å². The molecular formula is C18H13FN2O4S2. The SMILES string of the molecule is O=C(Oc1ccc(/C=N/NS(=O)(=O)c2ccc(F)cc2)cc1)c1cccs1. The molecule has 0 aliphatic heterocycles. The van der Waals surface area contributed by atoms with Crippen LogP contribution < -0.4 is 9.57 Å². The zero-order valence-corrected chi connectivity index (χ0v) is 15.3. The van der Waals surface area contributed by atoms with Gasteiger partial charge < -0.3 is 4.74 Å². The zero-order chi connectivity index (χ0) is 19.3. The van der Waals surface area contributed by atoms with E-state index in [1.807, 2.05) is 4.83 Å². The van der Waals surface area contributed by atoms with Gasteiger partial charge in [-0.1, -0.05) is 6.07 Å². The van der Waals surface area contributed by atoms with Crippen molar-refractivity contribution in [2.24, 2.45) is 5.10 Å². The van der Waals surface area contributed by atoms with Gasteiger partial charge in [-0.3, -0.25) is 0 Å². The van der Waals surface area contributed by atoms with Gasteiger partial charge in [0.1, 0.15) is 16.4 Å². The third kappa shape index (κ3) is 4.99.